The van der Waals surface area contributed by atoms with Crippen molar-refractivity contribution in [2.45, 2.75) is 18.9 Å². The molecule has 1 aromatic heterocycles. The van der Waals surface area contributed by atoms with E-state index in [0.717, 1.165) is 41.8 Å². The molecule has 1 aliphatic rings. The summed E-state index contributed by atoms with van der Waals surface area (Å²) >= 11 is 3.46. The molecule has 0 unspecified atom stereocenters. The van der Waals surface area contributed by atoms with Gasteiger partial charge in [0.2, 0.25) is 17.8 Å². The molecule has 2 aromatic carbocycles. The molecule has 0 atom stereocenters. The molecule has 0 spiro atoms. The number of hydrogen-bond acceptors (Lipinski definition) is 9. The Labute approximate surface area is 225 Å². The van der Waals surface area contributed by atoms with E-state index in [-0.39, 0.29) is 5.91 Å². The lowest BCUT2D eigenvalue weighted by molar-refractivity contribution is -0.111. The Bertz CT molecular complexity index is 1260. The highest BCUT2D eigenvalue weighted by Gasteiger charge is 2.24. The van der Waals surface area contributed by atoms with E-state index in [9.17, 15) is 4.79 Å². The summed E-state index contributed by atoms with van der Waals surface area (Å²) in [6.45, 7) is 5.33. The van der Waals surface area contributed by atoms with E-state index >= 15 is 0 Å². The van der Waals surface area contributed by atoms with Gasteiger partial charge in [0, 0.05) is 35.4 Å². The molecule has 1 aliphatic heterocycles. The van der Waals surface area contributed by atoms with E-state index in [0.29, 0.717) is 35.1 Å². The molecule has 11 heteroatoms. The van der Waals surface area contributed by atoms with Crippen molar-refractivity contribution in [2.75, 3.05) is 55.1 Å². The second-order valence-electron chi connectivity index (χ2n) is 8.84. The number of piperidine rings is 1. The smallest absolute Gasteiger partial charge is 0.247 e. The van der Waals surface area contributed by atoms with Crippen molar-refractivity contribution in [3.8, 4) is 5.75 Å². The van der Waals surface area contributed by atoms with Gasteiger partial charge in [-0.25, -0.2) is 9.97 Å². The molecule has 0 aliphatic carbocycles. The molecule has 194 valence electrons. The van der Waals surface area contributed by atoms with Gasteiger partial charge in [-0.05, 0) is 57.3 Å². The zero-order valence-corrected chi connectivity index (χ0v) is 22.7. The molecule has 0 saturated carbocycles. The monoisotopic (exact) mass is 566 g/mol. The molecule has 10 nitrogen and oxygen atoms in total. The number of aromatic nitrogens is 3. The Morgan fingerprint density at radius 2 is 1.86 bits per heavy atom. The van der Waals surface area contributed by atoms with Crippen LogP contribution in [0.2, 0.25) is 0 Å². The molecule has 1 saturated heterocycles. The summed E-state index contributed by atoms with van der Waals surface area (Å²) in [6, 6.07) is 12.0. The number of methoxy groups -OCH3 is 1. The molecule has 0 radical (unpaired) electrons. The number of rotatable bonds is 9. The van der Waals surface area contributed by atoms with Gasteiger partial charge in [0.15, 0.2) is 0 Å². The van der Waals surface area contributed by atoms with Crippen LogP contribution in [0.4, 0.5) is 34.6 Å². The average Bonchev–Trinajstić information content (AvgIpc) is 2.89. The standard InChI is InChI=1S/C26H31BrN8O2/c1-5-24(36)31-20-14-21(23(37-4)15-22(20)35-11-9-19(10-12-35)34(2)3)32-26-29-16-28-25(33-26)30-18-8-6-7-17(27)13-18/h5-8,13-16,19H,1,9-12H2,2-4H3,(H,31,36)(H2,28,29,30,32,33). The average molecular weight is 567 g/mol. The van der Waals surface area contributed by atoms with Crippen molar-refractivity contribution < 1.29 is 9.53 Å². The molecule has 3 N–H and O–H groups in total. The zero-order chi connectivity index (χ0) is 26.4. The molecule has 2 heterocycles. The normalized spacial score (nSPS) is 13.8. The summed E-state index contributed by atoms with van der Waals surface area (Å²) in [4.78, 5) is 29.8. The van der Waals surface area contributed by atoms with E-state index in [1.165, 1.54) is 12.4 Å². The number of anilines is 6. The van der Waals surface area contributed by atoms with Gasteiger partial charge in [0.05, 0.1) is 24.2 Å². The zero-order valence-electron chi connectivity index (χ0n) is 21.2. The molecule has 3 aromatic rings. The highest BCUT2D eigenvalue weighted by Crippen LogP contribution is 2.39. The summed E-state index contributed by atoms with van der Waals surface area (Å²) in [5.74, 6) is 1.02. The highest BCUT2D eigenvalue weighted by atomic mass is 79.9. The third-order valence-electron chi connectivity index (χ3n) is 6.20. The molecule has 0 bridgehead atoms. The summed E-state index contributed by atoms with van der Waals surface area (Å²) in [5, 5.41) is 9.32. The van der Waals surface area contributed by atoms with E-state index in [2.05, 4.69) is 77.3 Å². The van der Waals surface area contributed by atoms with Crippen LogP contribution in [0.5, 0.6) is 5.75 Å². The maximum absolute atomic E-state index is 12.3. The van der Waals surface area contributed by atoms with Crippen molar-refractivity contribution in [1.29, 1.82) is 0 Å². The number of amides is 1. The third-order valence-corrected chi connectivity index (χ3v) is 6.69. The Balaban J connectivity index is 1.61. The number of nitrogens with zero attached hydrogens (tertiary/aromatic N) is 5. The van der Waals surface area contributed by atoms with Gasteiger partial charge in [-0.1, -0.05) is 28.6 Å². The van der Waals surface area contributed by atoms with Gasteiger partial charge >= 0.3 is 0 Å². The van der Waals surface area contributed by atoms with Crippen LogP contribution in [0, 0.1) is 0 Å². The first-order valence-corrected chi connectivity index (χ1v) is 12.7. The molecule has 4 rings (SSSR count). The van der Waals surface area contributed by atoms with E-state index in [1.54, 1.807) is 7.11 Å². The quantitative estimate of drug-likeness (QED) is 0.315. The number of carbonyl (C=O) groups excluding carboxylic acids is 1. The number of nitrogens with one attached hydrogen (secondary N) is 3. The Morgan fingerprint density at radius 1 is 1.14 bits per heavy atom. The Morgan fingerprint density at radius 3 is 2.51 bits per heavy atom. The number of carbonyl (C=O) groups is 1. The Hall–Kier alpha value is -3.70. The van der Waals surface area contributed by atoms with Crippen LogP contribution in [-0.2, 0) is 4.79 Å². The van der Waals surface area contributed by atoms with Crippen LogP contribution in [0.1, 0.15) is 12.8 Å². The van der Waals surface area contributed by atoms with Gasteiger partial charge in [0.1, 0.15) is 12.1 Å². The van der Waals surface area contributed by atoms with Gasteiger partial charge in [-0.2, -0.15) is 4.98 Å². The van der Waals surface area contributed by atoms with Crippen LogP contribution >= 0.6 is 15.9 Å². The third kappa shape index (κ3) is 6.75. The lowest BCUT2D eigenvalue weighted by atomic mass is 10.0. The Kier molecular flexibility index (Phi) is 8.57. The molecule has 1 amide bonds. The number of halogens is 1. The van der Waals surface area contributed by atoms with Gasteiger partial charge in [0.25, 0.3) is 0 Å². The van der Waals surface area contributed by atoms with Crippen molar-refractivity contribution in [3.05, 3.63) is 59.9 Å². The second kappa shape index (κ2) is 12.0. The highest BCUT2D eigenvalue weighted by molar-refractivity contribution is 9.10. The minimum Gasteiger partial charge on any atom is -0.494 e. The van der Waals surface area contributed by atoms with E-state index in [1.807, 2.05) is 36.4 Å². The maximum Gasteiger partial charge on any atom is 0.247 e. The summed E-state index contributed by atoms with van der Waals surface area (Å²) in [6.07, 6.45) is 4.74. The van der Waals surface area contributed by atoms with Crippen molar-refractivity contribution in [3.63, 3.8) is 0 Å². The van der Waals surface area contributed by atoms with Crippen molar-refractivity contribution >= 4 is 56.5 Å². The lowest BCUT2D eigenvalue weighted by Crippen LogP contribution is -2.42. The summed E-state index contributed by atoms with van der Waals surface area (Å²) in [5.41, 5.74) is 2.98. The fourth-order valence-electron chi connectivity index (χ4n) is 4.24. The number of ether oxygens (including phenoxy) is 1. The van der Waals surface area contributed by atoms with Crippen LogP contribution in [0.25, 0.3) is 0 Å². The molecular formula is C26H31BrN8O2. The summed E-state index contributed by atoms with van der Waals surface area (Å²) in [7, 11) is 5.83. The predicted octanol–water partition coefficient (Wildman–Crippen LogP) is 4.78. The van der Waals surface area contributed by atoms with Gasteiger partial charge in [-0.3, -0.25) is 4.79 Å². The maximum atomic E-state index is 12.3. The lowest BCUT2D eigenvalue weighted by Gasteiger charge is -2.37. The SMILES string of the molecule is C=CC(=O)Nc1cc(Nc2ncnc(Nc3cccc(Br)c3)n2)c(OC)cc1N1CCC(N(C)C)CC1. The first kappa shape index (κ1) is 26.4. The first-order valence-electron chi connectivity index (χ1n) is 11.9. The van der Waals surface area contributed by atoms with Crippen LogP contribution < -0.4 is 25.6 Å². The van der Waals surface area contributed by atoms with Crippen molar-refractivity contribution in [1.82, 2.24) is 19.9 Å². The number of benzene rings is 2. The molecule has 1 fully saturated rings. The predicted molar refractivity (Wildman–Crippen MR) is 151 cm³/mol. The van der Waals surface area contributed by atoms with E-state index < -0.39 is 0 Å². The van der Waals surface area contributed by atoms with E-state index in [4.69, 9.17) is 4.74 Å². The van der Waals surface area contributed by atoms with Crippen molar-refractivity contribution in [2.24, 2.45) is 0 Å². The minimum absolute atomic E-state index is 0.291. The van der Waals surface area contributed by atoms with Crippen LogP contribution in [-0.4, -0.2) is 66.1 Å². The van der Waals surface area contributed by atoms with Gasteiger partial charge in [-0.15, -0.1) is 0 Å². The first-order chi connectivity index (χ1) is 17.9. The van der Waals surface area contributed by atoms with Crippen LogP contribution in [0.15, 0.2) is 59.9 Å². The summed E-state index contributed by atoms with van der Waals surface area (Å²) < 4.78 is 6.65. The molecule has 37 heavy (non-hydrogen) atoms. The number of hydrogen-bond donors (Lipinski definition) is 3. The fourth-order valence-corrected chi connectivity index (χ4v) is 4.64. The van der Waals surface area contributed by atoms with Crippen LogP contribution in [0.3, 0.4) is 0 Å². The minimum atomic E-state index is -0.291. The van der Waals surface area contributed by atoms with Gasteiger partial charge < -0.3 is 30.5 Å². The second-order valence-corrected chi connectivity index (χ2v) is 9.75. The molecular weight excluding hydrogens is 536 g/mol. The topological polar surface area (TPSA) is 108 Å². The largest absolute Gasteiger partial charge is 0.494 e. The fraction of sp³-hybridized carbons (Fsp3) is 0.308.